The van der Waals surface area contributed by atoms with Crippen LogP contribution < -0.4 is 5.73 Å². The van der Waals surface area contributed by atoms with E-state index in [-0.39, 0.29) is 17.8 Å². The Kier molecular flexibility index (Phi) is 6.06. The molecule has 1 heterocycles. The number of thioether (sulfide) groups is 1. The van der Waals surface area contributed by atoms with Crippen LogP contribution >= 0.6 is 11.8 Å². The van der Waals surface area contributed by atoms with Crippen LogP contribution in [0.2, 0.25) is 0 Å². The van der Waals surface area contributed by atoms with Crippen molar-refractivity contribution in [3.8, 4) is 0 Å². The zero-order valence-corrected chi connectivity index (χ0v) is 13.2. The van der Waals surface area contributed by atoms with Crippen molar-refractivity contribution < 1.29 is 9.18 Å². The van der Waals surface area contributed by atoms with Gasteiger partial charge >= 0.3 is 0 Å². The smallest absolute Gasteiger partial charge is 0.223 e. The molecule has 1 saturated heterocycles. The molecule has 1 aliphatic rings. The minimum atomic E-state index is -0.229. The van der Waals surface area contributed by atoms with Gasteiger partial charge in [-0.25, -0.2) is 4.39 Å². The van der Waals surface area contributed by atoms with Gasteiger partial charge in [-0.05, 0) is 49.9 Å². The molecule has 1 amide bonds. The Hall–Kier alpha value is -1.07. The van der Waals surface area contributed by atoms with Gasteiger partial charge in [0.2, 0.25) is 5.91 Å². The van der Waals surface area contributed by atoms with Crippen LogP contribution in [0.25, 0.3) is 0 Å². The summed E-state index contributed by atoms with van der Waals surface area (Å²) in [4.78, 5) is 15.1. The maximum Gasteiger partial charge on any atom is 0.223 e. The van der Waals surface area contributed by atoms with E-state index >= 15 is 0 Å². The van der Waals surface area contributed by atoms with Crippen LogP contribution in [-0.2, 0) is 4.79 Å². The monoisotopic (exact) mass is 310 g/mol. The molecule has 1 aromatic carbocycles. The molecule has 0 bridgehead atoms. The lowest BCUT2D eigenvalue weighted by atomic mass is 9.91. The van der Waals surface area contributed by atoms with E-state index in [2.05, 4.69) is 0 Å². The largest absolute Gasteiger partial charge is 0.343 e. The predicted octanol–water partition coefficient (Wildman–Crippen LogP) is 2.89. The fourth-order valence-electron chi connectivity index (χ4n) is 2.62. The van der Waals surface area contributed by atoms with Gasteiger partial charge in [0, 0.05) is 36.2 Å². The zero-order chi connectivity index (χ0) is 15.2. The average Bonchev–Trinajstić information content (AvgIpc) is 2.49. The first-order valence-electron chi connectivity index (χ1n) is 7.48. The topological polar surface area (TPSA) is 46.3 Å². The van der Waals surface area contributed by atoms with Crippen LogP contribution in [0.3, 0.4) is 0 Å². The maximum atomic E-state index is 12.8. The molecule has 0 radical (unpaired) electrons. The number of halogens is 1. The first-order chi connectivity index (χ1) is 10.1. The lowest BCUT2D eigenvalue weighted by Crippen LogP contribution is -2.42. The number of hydrogen-bond donors (Lipinski definition) is 1. The second-order valence-electron chi connectivity index (χ2n) is 5.63. The third-order valence-electron chi connectivity index (χ3n) is 4.03. The predicted molar refractivity (Wildman–Crippen MR) is 84.7 cm³/mol. The summed E-state index contributed by atoms with van der Waals surface area (Å²) in [6.07, 6.45) is 2.55. The van der Waals surface area contributed by atoms with Crippen molar-refractivity contribution >= 4 is 17.7 Å². The lowest BCUT2D eigenvalue weighted by molar-refractivity contribution is -0.132. The highest BCUT2D eigenvalue weighted by Crippen LogP contribution is 2.22. The fourth-order valence-corrected chi connectivity index (χ4v) is 3.46. The normalized spacial score (nSPS) is 17.8. The van der Waals surface area contributed by atoms with Crippen LogP contribution in [0.5, 0.6) is 0 Å². The molecule has 0 aliphatic carbocycles. The molecule has 3 nitrogen and oxygen atoms in total. The van der Waals surface area contributed by atoms with Crippen LogP contribution in [0.15, 0.2) is 29.2 Å². The molecule has 21 heavy (non-hydrogen) atoms. The SMILES string of the molecule is CC(N)C1CCN(C(=O)CCSc2ccc(F)cc2)CC1. The van der Waals surface area contributed by atoms with Gasteiger partial charge in [-0.1, -0.05) is 0 Å². The standard InChI is InChI=1S/C16H23FN2OS/c1-12(18)13-6-9-19(10-7-13)16(20)8-11-21-15-4-2-14(17)3-5-15/h2-5,12-13H,6-11,18H2,1H3. The van der Waals surface area contributed by atoms with E-state index in [1.165, 1.54) is 12.1 Å². The molecule has 5 heteroatoms. The maximum absolute atomic E-state index is 12.8. The van der Waals surface area contributed by atoms with E-state index in [9.17, 15) is 9.18 Å². The van der Waals surface area contributed by atoms with Gasteiger partial charge in [-0.3, -0.25) is 4.79 Å². The summed E-state index contributed by atoms with van der Waals surface area (Å²) in [5, 5.41) is 0. The Labute approximate surface area is 130 Å². The van der Waals surface area contributed by atoms with E-state index in [1.807, 2.05) is 11.8 Å². The molecule has 2 rings (SSSR count). The summed E-state index contributed by atoms with van der Waals surface area (Å²) < 4.78 is 12.8. The lowest BCUT2D eigenvalue weighted by Gasteiger charge is -2.33. The number of piperidine rings is 1. The van der Waals surface area contributed by atoms with Crippen LogP contribution in [-0.4, -0.2) is 35.7 Å². The number of amides is 1. The van der Waals surface area contributed by atoms with Crippen molar-refractivity contribution in [3.63, 3.8) is 0 Å². The van der Waals surface area contributed by atoms with Gasteiger partial charge in [0.1, 0.15) is 5.82 Å². The molecule has 1 aromatic rings. The zero-order valence-electron chi connectivity index (χ0n) is 12.4. The highest BCUT2D eigenvalue weighted by atomic mass is 32.2. The number of carbonyl (C=O) groups is 1. The third kappa shape index (κ3) is 5.00. The van der Waals surface area contributed by atoms with E-state index in [0.717, 1.165) is 36.6 Å². The van der Waals surface area contributed by atoms with Crippen molar-refractivity contribution in [1.29, 1.82) is 0 Å². The molecule has 1 atom stereocenters. The van der Waals surface area contributed by atoms with E-state index in [0.29, 0.717) is 12.3 Å². The summed E-state index contributed by atoms with van der Waals surface area (Å²) in [5.74, 6) is 1.26. The highest BCUT2D eigenvalue weighted by molar-refractivity contribution is 7.99. The quantitative estimate of drug-likeness (QED) is 0.851. The summed E-state index contributed by atoms with van der Waals surface area (Å²) in [5.41, 5.74) is 5.91. The van der Waals surface area contributed by atoms with Crippen LogP contribution in [0.4, 0.5) is 4.39 Å². The Morgan fingerprint density at radius 1 is 1.38 bits per heavy atom. The number of nitrogens with two attached hydrogens (primary N) is 1. The molecule has 1 aliphatic heterocycles. The highest BCUT2D eigenvalue weighted by Gasteiger charge is 2.24. The molecule has 0 spiro atoms. The number of hydrogen-bond acceptors (Lipinski definition) is 3. The van der Waals surface area contributed by atoms with Gasteiger partial charge in [0.05, 0.1) is 0 Å². The average molecular weight is 310 g/mol. The molecule has 116 valence electrons. The Bertz CT molecular complexity index is 456. The van der Waals surface area contributed by atoms with Crippen molar-refractivity contribution in [1.82, 2.24) is 4.90 Å². The number of nitrogens with zero attached hydrogens (tertiary/aromatic N) is 1. The van der Waals surface area contributed by atoms with Crippen molar-refractivity contribution in [2.24, 2.45) is 11.7 Å². The Balaban J connectivity index is 1.69. The minimum Gasteiger partial charge on any atom is -0.343 e. The van der Waals surface area contributed by atoms with Gasteiger partial charge in [0.25, 0.3) is 0 Å². The molecular weight excluding hydrogens is 287 g/mol. The Morgan fingerprint density at radius 3 is 2.57 bits per heavy atom. The molecule has 1 unspecified atom stereocenters. The number of rotatable bonds is 5. The first kappa shape index (κ1) is 16.3. The molecule has 1 fully saturated rings. The molecule has 2 N–H and O–H groups in total. The number of carbonyl (C=O) groups excluding carboxylic acids is 1. The summed E-state index contributed by atoms with van der Waals surface area (Å²) in [6, 6.07) is 6.61. The van der Waals surface area contributed by atoms with Crippen molar-refractivity contribution in [2.45, 2.75) is 37.1 Å². The fraction of sp³-hybridized carbons (Fsp3) is 0.562. The second-order valence-corrected chi connectivity index (χ2v) is 6.80. The second kappa shape index (κ2) is 7.80. The van der Waals surface area contributed by atoms with Gasteiger partial charge in [0.15, 0.2) is 0 Å². The third-order valence-corrected chi connectivity index (χ3v) is 5.05. The van der Waals surface area contributed by atoms with E-state index < -0.39 is 0 Å². The summed E-state index contributed by atoms with van der Waals surface area (Å²) in [6.45, 7) is 3.69. The number of benzene rings is 1. The van der Waals surface area contributed by atoms with Gasteiger partial charge < -0.3 is 10.6 Å². The Morgan fingerprint density at radius 2 is 2.00 bits per heavy atom. The van der Waals surface area contributed by atoms with Gasteiger partial charge in [-0.2, -0.15) is 0 Å². The van der Waals surface area contributed by atoms with Crippen LogP contribution in [0, 0.1) is 11.7 Å². The van der Waals surface area contributed by atoms with E-state index in [1.54, 1.807) is 23.9 Å². The molecular formula is C16H23FN2OS. The van der Waals surface area contributed by atoms with Crippen molar-refractivity contribution in [3.05, 3.63) is 30.1 Å². The number of likely N-dealkylation sites (tertiary alicyclic amines) is 1. The molecule has 0 saturated carbocycles. The van der Waals surface area contributed by atoms with Gasteiger partial charge in [-0.15, -0.1) is 11.8 Å². The summed E-state index contributed by atoms with van der Waals surface area (Å²) in [7, 11) is 0. The molecule has 0 aromatic heterocycles. The minimum absolute atomic E-state index is 0.215. The van der Waals surface area contributed by atoms with Crippen molar-refractivity contribution in [2.75, 3.05) is 18.8 Å². The summed E-state index contributed by atoms with van der Waals surface area (Å²) >= 11 is 1.59. The van der Waals surface area contributed by atoms with E-state index in [4.69, 9.17) is 5.73 Å². The van der Waals surface area contributed by atoms with Crippen LogP contribution in [0.1, 0.15) is 26.2 Å². The first-order valence-corrected chi connectivity index (χ1v) is 8.46.